The summed E-state index contributed by atoms with van der Waals surface area (Å²) in [6.45, 7) is 0. The summed E-state index contributed by atoms with van der Waals surface area (Å²) in [6.07, 6.45) is 4.28. The Balaban J connectivity index is 1.65. The third kappa shape index (κ3) is 3.65. The van der Waals surface area contributed by atoms with Crippen molar-refractivity contribution >= 4 is 27.8 Å². The Hall–Kier alpha value is -0.700. The molecule has 0 saturated heterocycles. The molecule has 0 spiro atoms. The van der Waals surface area contributed by atoms with Gasteiger partial charge in [0.05, 0.1) is 0 Å². The van der Waals surface area contributed by atoms with Crippen molar-refractivity contribution in [2.24, 2.45) is 0 Å². The van der Waals surface area contributed by atoms with Crippen LogP contribution in [0.5, 0.6) is 0 Å². The van der Waals surface area contributed by atoms with E-state index in [0.717, 1.165) is 28.5 Å². The van der Waals surface area contributed by atoms with E-state index >= 15 is 0 Å². The molecule has 0 amide bonds. The third-order valence-electron chi connectivity index (χ3n) is 3.77. The Morgan fingerprint density at radius 3 is 1.47 bits per heavy atom. The maximum absolute atomic E-state index is 2.29. The fourth-order valence-corrected chi connectivity index (χ4v) is 6.36. The fraction of sp³-hybridized carbons (Fsp3) is 0.294. The first-order chi connectivity index (χ1) is 9.42. The normalized spacial score (nSPS) is 23.8. The first-order valence-corrected chi connectivity index (χ1v) is 9.20. The van der Waals surface area contributed by atoms with E-state index in [9.17, 15) is 0 Å². The quantitative estimate of drug-likeness (QED) is 0.747. The molecule has 1 aliphatic carbocycles. The largest absolute Gasteiger partial charge is 0.0866 e. The third-order valence-corrected chi connectivity index (χ3v) is 7.56. The highest BCUT2D eigenvalue weighted by molar-refractivity contribution is 7.52. The van der Waals surface area contributed by atoms with Crippen LogP contribution < -0.4 is 10.6 Å². The number of rotatable bonds is 4. The van der Waals surface area contributed by atoms with Crippen LogP contribution in [0, 0.1) is 0 Å². The maximum atomic E-state index is 2.29. The highest BCUT2D eigenvalue weighted by Gasteiger charge is 2.27. The molecule has 1 saturated carbocycles. The van der Waals surface area contributed by atoms with Crippen molar-refractivity contribution in [2.45, 2.75) is 30.6 Å². The van der Waals surface area contributed by atoms with Crippen LogP contribution in [0.25, 0.3) is 0 Å². The van der Waals surface area contributed by atoms with Crippen molar-refractivity contribution < 1.29 is 0 Å². The molecule has 2 aromatic carbocycles. The molecule has 0 radical (unpaired) electrons. The van der Waals surface area contributed by atoms with Gasteiger partial charge < -0.3 is 0 Å². The van der Waals surface area contributed by atoms with Crippen LogP contribution in [0.3, 0.4) is 0 Å². The number of benzene rings is 2. The Labute approximate surface area is 119 Å². The summed E-state index contributed by atoms with van der Waals surface area (Å²) in [4.78, 5) is 0. The average Bonchev–Trinajstić information content (AvgIpc) is 2.88. The smallest absolute Gasteiger partial charge is 0.0128 e. The molecule has 2 aromatic rings. The van der Waals surface area contributed by atoms with Crippen LogP contribution in [0.4, 0.5) is 0 Å². The molecule has 1 aliphatic rings. The first kappa shape index (κ1) is 13.3. The van der Waals surface area contributed by atoms with Crippen molar-refractivity contribution in [3.8, 4) is 0 Å². The van der Waals surface area contributed by atoms with Crippen molar-refractivity contribution in [2.75, 3.05) is 0 Å². The molecule has 0 aromatic heterocycles. The minimum atomic E-state index is 0.918. The van der Waals surface area contributed by atoms with Crippen LogP contribution in [-0.4, -0.2) is 11.3 Å². The van der Waals surface area contributed by atoms with Gasteiger partial charge in [-0.15, -0.1) is 0 Å². The lowest BCUT2D eigenvalue weighted by molar-refractivity contribution is 0.889. The Morgan fingerprint density at radius 2 is 1.05 bits per heavy atom. The van der Waals surface area contributed by atoms with Gasteiger partial charge in [0.15, 0.2) is 0 Å². The van der Waals surface area contributed by atoms with Crippen LogP contribution in [0.15, 0.2) is 60.7 Å². The van der Waals surface area contributed by atoms with Crippen LogP contribution in [0.2, 0.25) is 0 Å². The zero-order valence-electron chi connectivity index (χ0n) is 11.0. The molecule has 2 heteroatoms. The lowest BCUT2D eigenvalue weighted by Gasteiger charge is -2.20. The van der Waals surface area contributed by atoms with Gasteiger partial charge in [0.25, 0.3) is 0 Å². The summed E-state index contributed by atoms with van der Waals surface area (Å²) in [5, 5.41) is 3.08. The maximum Gasteiger partial charge on any atom is -0.0128 e. The Kier molecular flexibility index (Phi) is 4.65. The van der Waals surface area contributed by atoms with Crippen LogP contribution in [-0.2, 0) is 0 Å². The molecule has 0 heterocycles. The highest BCUT2D eigenvalue weighted by Crippen LogP contribution is 2.42. The summed E-state index contributed by atoms with van der Waals surface area (Å²) in [7, 11) is 1.99. The number of hydrogen-bond acceptors (Lipinski definition) is 0. The molecule has 0 aliphatic heterocycles. The van der Waals surface area contributed by atoms with Gasteiger partial charge in [-0.1, -0.05) is 84.2 Å². The van der Waals surface area contributed by atoms with Gasteiger partial charge in [-0.25, -0.2) is 0 Å². The van der Waals surface area contributed by atoms with Crippen molar-refractivity contribution in [3.63, 3.8) is 0 Å². The molecule has 3 rings (SSSR count). The summed E-state index contributed by atoms with van der Waals surface area (Å²) < 4.78 is 0. The minimum absolute atomic E-state index is 0.918. The topological polar surface area (TPSA) is 0 Å². The lowest BCUT2D eigenvalue weighted by Crippen LogP contribution is -2.16. The summed E-state index contributed by atoms with van der Waals surface area (Å²) in [6, 6.07) is 22.1. The second-order valence-electron chi connectivity index (χ2n) is 5.16. The zero-order valence-corrected chi connectivity index (χ0v) is 13.0. The average molecular weight is 286 g/mol. The molecule has 0 N–H and O–H groups in total. The lowest BCUT2D eigenvalue weighted by atomic mass is 10.3. The summed E-state index contributed by atoms with van der Waals surface area (Å²) >= 11 is 0. The molecule has 1 fully saturated rings. The highest BCUT2D eigenvalue weighted by atomic mass is 31.1. The Morgan fingerprint density at radius 1 is 0.632 bits per heavy atom. The second-order valence-corrected chi connectivity index (χ2v) is 8.38. The second kappa shape index (κ2) is 6.65. The molecule has 19 heavy (non-hydrogen) atoms. The van der Waals surface area contributed by atoms with Crippen LogP contribution >= 0.6 is 17.2 Å². The molecule has 0 nitrogen and oxygen atoms in total. The van der Waals surface area contributed by atoms with Gasteiger partial charge in [-0.3, -0.25) is 0 Å². The van der Waals surface area contributed by atoms with E-state index in [1.165, 1.54) is 29.9 Å². The number of hydrogen-bond donors (Lipinski definition) is 0. The van der Waals surface area contributed by atoms with E-state index in [2.05, 4.69) is 60.7 Å². The van der Waals surface area contributed by atoms with Gasteiger partial charge in [0.1, 0.15) is 0 Å². The van der Waals surface area contributed by atoms with Gasteiger partial charge in [0.2, 0.25) is 0 Å². The predicted molar refractivity (Wildman–Crippen MR) is 90.2 cm³/mol. The van der Waals surface area contributed by atoms with Gasteiger partial charge >= 0.3 is 0 Å². The fourth-order valence-electron chi connectivity index (χ4n) is 2.80. The molecular formula is C17H20P2. The summed E-state index contributed by atoms with van der Waals surface area (Å²) in [5.74, 6) is 0. The first-order valence-electron chi connectivity index (χ1n) is 7.05. The van der Waals surface area contributed by atoms with E-state index in [1.54, 1.807) is 0 Å². The van der Waals surface area contributed by atoms with E-state index in [1.807, 2.05) is 0 Å². The molecule has 0 bridgehead atoms. The van der Waals surface area contributed by atoms with E-state index < -0.39 is 0 Å². The van der Waals surface area contributed by atoms with Gasteiger partial charge in [-0.2, -0.15) is 0 Å². The van der Waals surface area contributed by atoms with Crippen molar-refractivity contribution in [3.05, 3.63) is 60.7 Å². The van der Waals surface area contributed by atoms with Gasteiger partial charge in [0, 0.05) is 0 Å². The van der Waals surface area contributed by atoms with Crippen molar-refractivity contribution in [1.82, 2.24) is 0 Å². The van der Waals surface area contributed by atoms with Gasteiger partial charge in [-0.05, 0) is 34.8 Å². The van der Waals surface area contributed by atoms with E-state index in [-0.39, 0.29) is 0 Å². The molecule has 4 unspecified atom stereocenters. The zero-order chi connectivity index (χ0) is 12.9. The Bertz CT molecular complexity index is 448. The molecule has 4 atom stereocenters. The minimum Gasteiger partial charge on any atom is -0.0866 e. The van der Waals surface area contributed by atoms with E-state index in [0.29, 0.717) is 0 Å². The standard InChI is InChI=1S/C17H20P2/c1-3-8-14(9-4-1)18-16-12-7-13-17(16)19-15-10-5-2-6-11-15/h1-6,8-11,16-19H,7,12-13H2. The monoisotopic (exact) mass is 286 g/mol. The van der Waals surface area contributed by atoms with Crippen LogP contribution in [0.1, 0.15) is 19.3 Å². The summed E-state index contributed by atoms with van der Waals surface area (Å²) in [5.41, 5.74) is 1.84. The van der Waals surface area contributed by atoms with E-state index in [4.69, 9.17) is 0 Å². The predicted octanol–water partition coefficient (Wildman–Crippen LogP) is 3.92. The SMILES string of the molecule is c1ccc(PC2CCCC2Pc2ccccc2)cc1. The van der Waals surface area contributed by atoms with Crippen molar-refractivity contribution in [1.29, 1.82) is 0 Å². The molecule has 98 valence electrons. The molecular weight excluding hydrogens is 266 g/mol.